The lowest BCUT2D eigenvalue weighted by Crippen LogP contribution is -2.40. The molecule has 0 unspecified atom stereocenters. The van der Waals surface area contributed by atoms with Gasteiger partial charge in [-0.1, -0.05) is 18.2 Å². The molecule has 0 saturated carbocycles. The molecule has 10 nitrogen and oxygen atoms in total. The summed E-state index contributed by atoms with van der Waals surface area (Å²) in [5.74, 6) is -0.895. The van der Waals surface area contributed by atoms with Gasteiger partial charge in [-0.3, -0.25) is 18.7 Å². The van der Waals surface area contributed by atoms with Gasteiger partial charge in [0.15, 0.2) is 5.69 Å². The van der Waals surface area contributed by atoms with Crippen molar-refractivity contribution in [3.63, 3.8) is 0 Å². The summed E-state index contributed by atoms with van der Waals surface area (Å²) in [6.45, 7) is 0.873. The number of anilines is 1. The summed E-state index contributed by atoms with van der Waals surface area (Å²) in [6, 6.07) is 16.3. The average molecular weight is 616 g/mol. The lowest BCUT2D eigenvalue weighted by atomic mass is 9.87. The Bertz CT molecular complexity index is 1970. The lowest BCUT2D eigenvalue weighted by molar-refractivity contribution is 0.0701. The van der Waals surface area contributed by atoms with Crippen molar-refractivity contribution < 1.29 is 22.9 Å². The summed E-state index contributed by atoms with van der Waals surface area (Å²) >= 11 is 0.541. The van der Waals surface area contributed by atoms with Crippen LogP contribution in [-0.2, 0) is 7.05 Å². The summed E-state index contributed by atoms with van der Waals surface area (Å²) in [6.07, 6.45) is 1.47. The number of aryl methyl sites for hydroxylation is 1. The van der Waals surface area contributed by atoms with Crippen LogP contribution in [0.3, 0.4) is 0 Å². The number of carbonyl (C=O) groups excluding carboxylic acids is 2. The number of benzene rings is 3. The van der Waals surface area contributed by atoms with Crippen LogP contribution in [0.25, 0.3) is 33.1 Å². The summed E-state index contributed by atoms with van der Waals surface area (Å²) in [7, 11) is 4.78. The van der Waals surface area contributed by atoms with Gasteiger partial charge in [-0.15, -0.1) is 0 Å². The van der Waals surface area contributed by atoms with E-state index in [-0.39, 0.29) is 29.0 Å². The molecule has 1 atom stereocenters. The normalized spacial score (nSPS) is 15.1. The number of fused-ring (bicyclic) bond motifs is 2. The maximum atomic E-state index is 13.9. The third-order valence-corrected chi connectivity index (χ3v) is 8.61. The molecule has 0 radical (unpaired) electrons. The number of nitrogens with zero attached hydrogens (tertiary/aromatic N) is 4. The maximum absolute atomic E-state index is 13.9. The van der Waals surface area contributed by atoms with Gasteiger partial charge in [0, 0.05) is 62.6 Å². The van der Waals surface area contributed by atoms with Crippen LogP contribution in [0.2, 0.25) is 0 Å². The first-order chi connectivity index (χ1) is 21.2. The Morgan fingerprint density at radius 3 is 2.55 bits per heavy atom. The predicted molar refractivity (Wildman–Crippen MR) is 168 cm³/mol. The first-order valence-corrected chi connectivity index (χ1v) is 14.8. The number of aromatic nitrogens is 2. The van der Waals surface area contributed by atoms with Gasteiger partial charge in [0.25, 0.3) is 17.4 Å². The largest absolute Gasteiger partial charge is 0.455 e. The first kappa shape index (κ1) is 29.4. The van der Waals surface area contributed by atoms with Gasteiger partial charge in [0.2, 0.25) is 0 Å². The van der Waals surface area contributed by atoms with Crippen LogP contribution < -0.4 is 15.2 Å². The molecule has 2 aromatic heterocycles. The SMILES string of the molecule is CNC(=O)c1c(-c2ccc(F)cc2)oc2cc(N(C)SO)c([C@H]3CCCN(C(=O)c4nn(C)c(=O)c5ccccc45)C3)cc12. The molecule has 0 bridgehead atoms. The second-order valence-electron chi connectivity index (χ2n) is 10.8. The lowest BCUT2D eigenvalue weighted by Gasteiger charge is -2.34. The molecule has 3 aromatic carbocycles. The Balaban J connectivity index is 1.45. The van der Waals surface area contributed by atoms with E-state index < -0.39 is 5.82 Å². The Morgan fingerprint density at radius 2 is 1.84 bits per heavy atom. The number of halogens is 1. The molecule has 12 heteroatoms. The second kappa shape index (κ2) is 11.8. The third-order valence-electron chi connectivity index (χ3n) is 8.17. The Kier molecular flexibility index (Phi) is 7.87. The maximum Gasteiger partial charge on any atom is 0.274 e. The zero-order valence-electron chi connectivity index (χ0n) is 24.3. The summed E-state index contributed by atoms with van der Waals surface area (Å²) < 4.78 is 32.7. The molecule has 5 aromatic rings. The number of likely N-dealkylation sites (tertiary alicyclic amines) is 1. The van der Waals surface area contributed by atoms with Crippen molar-refractivity contribution in [1.82, 2.24) is 20.0 Å². The molecule has 0 spiro atoms. The Labute approximate surface area is 256 Å². The smallest absolute Gasteiger partial charge is 0.274 e. The van der Waals surface area contributed by atoms with Crippen LogP contribution in [0.5, 0.6) is 0 Å². The number of carbonyl (C=O) groups is 2. The fraction of sp³-hybridized carbons (Fsp3) is 0.250. The zero-order valence-corrected chi connectivity index (χ0v) is 25.2. The van der Waals surface area contributed by atoms with Crippen LogP contribution in [0.4, 0.5) is 10.1 Å². The van der Waals surface area contributed by atoms with Gasteiger partial charge in [-0.25, -0.2) is 9.07 Å². The summed E-state index contributed by atoms with van der Waals surface area (Å²) in [5.41, 5.74) is 2.70. The Morgan fingerprint density at radius 1 is 1.11 bits per heavy atom. The van der Waals surface area contributed by atoms with Gasteiger partial charge in [0.1, 0.15) is 29.4 Å². The monoisotopic (exact) mass is 615 g/mol. The van der Waals surface area contributed by atoms with E-state index in [4.69, 9.17) is 4.42 Å². The van der Waals surface area contributed by atoms with E-state index in [2.05, 4.69) is 10.4 Å². The predicted octanol–water partition coefficient (Wildman–Crippen LogP) is 5.42. The molecule has 226 valence electrons. The van der Waals surface area contributed by atoms with Crippen molar-refractivity contribution in [3.8, 4) is 11.3 Å². The zero-order chi connectivity index (χ0) is 31.1. The van der Waals surface area contributed by atoms with Crippen molar-refractivity contribution >= 4 is 51.5 Å². The molecule has 2 amide bonds. The van der Waals surface area contributed by atoms with Gasteiger partial charge in [-0.2, -0.15) is 5.10 Å². The minimum absolute atomic E-state index is 0.151. The summed E-state index contributed by atoms with van der Waals surface area (Å²) in [5, 5.41) is 8.51. The van der Waals surface area contributed by atoms with E-state index >= 15 is 0 Å². The van der Waals surface area contributed by atoms with Gasteiger partial charge in [-0.05, 0) is 54.8 Å². The van der Waals surface area contributed by atoms with Crippen LogP contribution in [0.1, 0.15) is 45.2 Å². The number of hydrogen-bond donors (Lipinski definition) is 2. The number of nitrogens with one attached hydrogen (secondary N) is 1. The highest BCUT2D eigenvalue weighted by Gasteiger charge is 2.32. The number of furan rings is 1. The standard InChI is InChI=1S/C32H30FN5O5S/c1-34-30(39)27-24-15-23(25(37(3)44-42)16-26(24)43-29(27)18-10-12-20(33)13-11-18)19-7-6-14-38(17-19)32(41)28-21-8-4-5-9-22(21)31(40)36(2)35-28/h4-5,8-13,15-16,19,42H,6-7,14,17H2,1-3H3,(H,34,39)/t19-/m0/s1. The highest BCUT2D eigenvalue weighted by atomic mass is 32.2. The topological polar surface area (TPSA) is 121 Å². The van der Waals surface area contributed by atoms with Gasteiger partial charge < -0.3 is 19.2 Å². The van der Waals surface area contributed by atoms with E-state index in [1.807, 2.05) is 6.07 Å². The molecular formula is C32H30FN5O5S. The third kappa shape index (κ3) is 5.09. The van der Waals surface area contributed by atoms with Crippen molar-refractivity contribution in [2.75, 3.05) is 31.5 Å². The fourth-order valence-electron chi connectivity index (χ4n) is 5.97. The molecule has 1 saturated heterocycles. The summed E-state index contributed by atoms with van der Waals surface area (Å²) in [4.78, 5) is 41.5. The van der Waals surface area contributed by atoms with Gasteiger partial charge in [0.05, 0.1) is 16.6 Å². The minimum atomic E-state index is -0.408. The second-order valence-corrected chi connectivity index (χ2v) is 11.5. The van der Waals surface area contributed by atoms with Crippen LogP contribution in [0.15, 0.2) is 69.9 Å². The van der Waals surface area contributed by atoms with Crippen LogP contribution >= 0.6 is 12.2 Å². The van der Waals surface area contributed by atoms with E-state index in [0.29, 0.717) is 76.1 Å². The molecule has 2 N–H and O–H groups in total. The van der Waals surface area contributed by atoms with Crippen molar-refractivity contribution in [2.24, 2.45) is 7.05 Å². The molecule has 1 aliphatic rings. The van der Waals surface area contributed by atoms with Crippen molar-refractivity contribution in [1.29, 1.82) is 0 Å². The number of amides is 2. The van der Waals surface area contributed by atoms with Crippen molar-refractivity contribution in [3.05, 3.63) is 93.7 Å². The molecule has 1 fully saturated rings. The highest BCUT2D eigenvalue weighted by Crippen LogP contribution is 2.42. The first-order valence-electron chi connectivity index (χ1n) is 14.1. The average Bonchev–Trinajstić information content (AvgIpc) is 3.43. The van der Waals surface area contributed by atoms with Crippen LogP contribution in [-0.4, -0.2) is 58.2 Å². The fourth-order valence-corrected chi connectivity index (χ4v) is 6.22. The van der Waals surface area contributed by atoms with E-state index in [1.54, 1.807) is 58.7 Å². The Hall–Kier alpha value is -4.68. The molecule has 6 rings (SSSR count). The van der Waals surface area contributed by atoms with Crippen LogP contribution in [0, 0.1) is 5.82 Å². The minimum Gasteiger partial charge on any atom is -0.455 e. The molecule has 44 heavy (non-hydrogen) atoms. The van der Waals surface area contributed by atoms with Crippen molar-refractivity contribution in [2.45, 2.75) is 18.8 Å². The quantitative estimate of drug-likeness (QED) is 0.192. The van der Waals surface area contributed by atoms with E-state index in [1.165, 1.54) is 30.9 Å². The number of hydrogen-bond acceptors (Lipinski definition) is 8. The van der Waals surface area contributed by atoms with E-state index in [0.717, 1.165) is 12.0 Å². The molecule has 3 heterocycles. The van der Waals surface area contributed by atoms with Gasteiger partial charge >= 0.3 is 0 Å². The highest BCUT2D eigenvalue weighted by molar-refractivity contribution is 7.95. The molecule has 0 aliphatic carbocycles. The van der Waals surface area contributed by atoms with E-state index in [9.17, 15) is 23.3 Å². The molecular weight excluding hydrogens is 585 g/mol. The number of piperidine rings is 1. The number of rotatable bonds is 6. The molecule has 1 aliphatic heterocycles.